The van der Waals surface area contributed by atoms with Crippen LogP contribution in [0.4, 0.5) is 26.3 Å². The number of alkyl halides is 6. The zero-order valence-electron chi connectivity index (χ0n) is 8.65. The number of halogens is 7. The van der Waals surface area contributed by atoms with Crippen molar-refractivity contribution in [3.63, 3.8) is 0 Å². The maximum absolute atomic E-state index is 12.9. The molecule has 0 aromatic heterocycles. The van der Waals surface area contributed by atoms with E-state index in [2.05, 4.69) is 20.7 Å². The third-order valence-corrected chi connectivity index (χ3v) is 2.38. The quantitative estimate of drug-likeness (QED) is 0.742. The van der Waals surface area contributed by atoms with Crippen LogP contribution in [0.3, 0.4) is 0 Å². The van der Waals surface area contributed by atoms with Gasteiger partial charge in [0.05, 0.1) is 0 Å². The summed E-state index contributed by atoms with van der Waals surface area (Å²) in [6.07, 6.45) is -9.87. The average molecular weight is 337 g/mol. The van der Waals surface area contributed by atoms with Crippen molar-refractivity contribution >= 4 is 15.9 Å². The summed E-state index contributed by atoms with van der Waals surface area (Å²) in [5.74, 6) is -4.72. The molecule has 0 aliphatic heterocycles. The number of hydrogen-bond acceptors (Lipinski definition) is 1. The Balaban J connectivity index is 2.67. The Kier molecular flexibility index (Phi) is 4.52. The summed E-state index contributed by atoms with van der Waals surface area (Å²) in [5.41, 5.74) is 0. The predicted octanol–water partition coefficient (Wildman–Crippen LogP) is 4.36. The van der Waals surface area contributed by atoms with Gasteiger partial charge in [0.15, 0.2) is 6.61 Å². The monoisotopic (exact) mass is 336 g/mol. The summed E-state index contributed by atoms with van der Waals surface area (Å²) >= 11 is 3.02. The molecule has 0 amide bonds. The molecule has 0 aliphatic carbocycles. The molecule has 0 unspecified atom stereocenters. The summed E-state index contributed by atoms with van der Waals surface area (Å²) in [4.78, 5) is 0. The van der Waals surface area contributed by atoms with Gasteiger partial charge in [-0.05, 0) is 18.2 Å². The van der Waals surface area contributed by atoms with Crippen LogP contribution in [0.15, 0.2) is 28.7 Å². The van der Waals surface area contributed by atoms with Crippen molar-refractivity contribution < 1.29 is 31.1 Å². The number of ether oxygens (including phenoxy) is 1. The van der Waals surface area contributed by atoms with Crippen molar-refractivity contribution in [1.82, 2.24) is 0 Å². The zero-order valence-corrected chi connectivity index (χ0v) is 10.2. The van der Waals surface area contributed by atoms with Gasteiger partial charge >= 0.3 is 12.1 Å². The standard InChI is InChI=1S/C10H7BrF6O/c11-6-2-1-3-7(4-6)18-5-9(13,14)8(12)10(15,16)17/h1-4,8H,5H2/t8-/m1/s1. The van der Waals surface area contributed by atoms with Gasteiger partial charge in [-0.1, -0.05) is 22.0 Å². The second-order valence-corrected chi connectivity index (χ2v) is 4.33. The Bertz CT molecular complexity index is 406. The highest BCUT2D eigenvalue weighted by Gasteiger charge is 2.57. The average Bonchev–Trinajstić information content (AvgIpc) is 2.24. The van der Waals surface area contributed by atoms with Crippen molar-refractivity contribution in [2.24, 2.45) is 0 Å². The van der Waals surface area contributed by atoms with Gasteiger partial charge < -0.3 is 4.74 Å². The summed E-state index contributed by atoms with van der Waals surface area (Å²) in [5, 5.41) is 0. The SMILES string of the molecule is F[C@@H](C(F)(F)F)C(F)(F)COc1cccc(Br)c1. The minimum absolute atomic E-state index is 0.0848. The predicted molar refractivity (Wildman–Crippen MR) is 55.5 cm³/mol. The van der Waals surface area contributed by atoms with E-state index in [4.69, 9.17) is 0 Å². The van der Waals surface area contributed by atoms with Crippen LogP contribution in [0.1, 0.15) is 0 Å². The molecule has 1 atom stereocenters. The fraction of sp³-hybridized carbons (Fsp3) is 0.400. The Morgan fingerprint density at radius 1 is 1.17 bits per heavy atom. The molecule has 0 aliphatic rings. The van der Waals surface area contributed by atoms with Crippen LogP contribution < -0.4 is 4.74 Å². The molecular formula is C10H7BrF6O. The first-order valence-corrected chi connectivity index (χ1v) is 5.39. The maximum Gasteiger partial charge on any atom is 0.425 e. The summed E-state index contributed by atoms with van der Waals surface area (Å²) in [6.45, 7) is -1.69. The van der Waals surface area contributed by atoms with E-state index in [1.165, 1.54) is 18.2 Å². The van der Waals surface area contributed by atoms with Gasteiger partial charge in [-0.3, -0.25) is 0 Å². The molecule has 102 valence electrons. The van der Waals surface area contributed by atoms with Crippen molar-refractivity contribution in [3.05, 3.63) is 28.7 Å². The molecule has 1 nitrogen and oxygen atoms in total. The van der Waals surface area contributed by atoms with Crippen LogP contribution >= 0.6 is 15.9 Å². The lowest BCUT2D eigenvalue weighted by atomic mass is 10.2. The molecule has 0 radical (unpaired) electrons. The highest BCUT2D eigenvalue weighted by molar-refractivity contribution is 9.10. The Morgan fingerprint density at radius 3 is 2.28 bits per heavy atom. The first-order valence-electron chi connectivity index (χ1n) is 4.60. The lowest BCUT2D eigenvalue weighted by Crippen LogP contribution is -2.45. The van der Waals surface area contributed by atoms with Gasteiger partial charge in [0.25, 0.3) is 6.17 Å². The highest BCUT2D eigenvalue weighted by atomic mass is 79.9. The summed E-state index contributed by atoms with van der Waals surface area (Å²) in [6, 6.07) is 5.55. The van der Waals surface area contributed by atoms with Crippen molar-refractivity contribution in [2.45, 2.75) is 18.3 Å². The molecule has 0 N–H and O–H groups in total. The molecule has 1 rings (SSSR count). The van der Waals surface area contributed by atoms with Crippen molar-refractivity contribution in [1.29, 1.82) is 0 Å². The zero-order chi connectivity index (χ0) is 14.0. The molecule has 0 saturated heterocycles. The fourth-order valence-electron chi connectivity index (χ4n) is 1.05. The highest BCUT2D eigenvalue weighted by Crippen LogP contribution is 2.35. The largest absolute Gasteiger partial charge is 0.487 e. The lowest BCUT2D eigenvalue weighted by molar-refractivity contribution is -0.250. The van der Waals surface area contributed by atoms with Gasteiger partial charge in [-0.25, -0.2) is 4.39 Å². The Labute approximate surface area is 107 Å². The van der Waals surface area contributed by atoms with Crippen LogP contribution in [-0.4, -0.2) is 24.9 Å². The number of benzene rings is 1. The van der Waals surface area contributed by atoms with E-state index < -0.39 is 24.9 Å². The van der Waals surface area contributed by atoms with E-state index in [-0.39, 0.29) is 5.75 Å². The van der Waals surface area contributed by atoms with E-state index in [1.54, 1.807) is 6.07 Å². The van der Waals surface area contributed by atoms with Gasteiger partial charge in [0, 0.05) is 4.47 Å². The van der Waals surface area contributed by atoms with E-state index in [9.17, 15) is 26.3 Å². The lowest BCUT2D eigenvalue weighted by Gasteiger charge is -2.22. The Morgan fingerprint density at radius 2 is 1.78 bits per heavy atom. The number of rotatable bonds is 4. The van der Waals surface area contributed by atoms with Crippen LogP contribution in [0.5, 0.6) is 5.75 Å². The van der Waals surface area contributed by atoms with E-state index >= 15 is 0 Å². The molecule has 0 saturated carbocycles. The second-order valence-electron chi connectivity index (χ2n) is 3.41. The first-order chi connectivity index (χ1) is 8.13. The van der Waals surface area contributed by atoms with E-state index in [1.807, 2.05) is 0 Å². The topological polar surface area (TPSA) is 9.23 Å². The normalized spacial score (nSPS) is 14.4. The first kappa shape index (κ1) is 15.1. The van der Waals surface area contributed by atoms with Crippen molar-refractivity contribution in [3.8, 4) is 5.75 Å². The van der Waals surface area contributed by atoms with Gasteiger partial charge in [-0.15, -0.1) is 0 Å². The summed E-state index contributed by atoms with van der Waals surface area (Å²) < 4.78 is 78.6. The molecule has 8 heteroatoms. The van der Waals surface area contributed by atoms with Crippen LogP contribution in [0, 0.1) is 0 Å². The number of hydrogen-bond donors (Lipinski definition) is 0. The molecule has 0 heterocycles. The molecular weight excluding hydrogens is 330 g/mol. The molecule has 1 aromatic rings. The van der Waals surface area contributed by atoms with Crippen molar-refractivity contribution in [2.75, 3.05) is 6.61 Å². The van der Waals surface area contributed by atoms with Gasteiger partial charge in [0.2, 0.25) is 0 Å². The third kappa shape index (κ3) is 4.08. The minimum atomic E-state index is -5.62. The van der Waals surface area contributed by atoms with E-state index in [0.29, 0.717) is 4.47 Å². The van der Waals surface area contributed by atoms with Gasteiger partial charge in [0.1, 0.15) is 5.75 Å². The molecule has 0 spiro atoms. The maximum atomic E-state index is 12.9. The Hall–Kier alpha value is -0.920. The van der Waals surface area contributed by atoms with Crippen LogP contribution in [-0.2, 0) is 0 Å². The fourth-order valence-corrected chi connectivity index (χ4v) is 1.43. The van der Waals surface area contributed by atoms with E-state index in [0.717, 1.165) is 0 Å². The van der Waals surface area contributed by atoms with Crippen LogP contribution in [0.2, 0.25) is 0 Å². The van der Waals surface area contributed by atoms with Crippen LogP contribution in [0.25, 0.3) is 0 Å². The second kappa shape index (κ2) is 5.38. The molecule has 1 aromatic carbocycles. The molecule has 0 fully saturated rings. The third-order valence-electron chi connectivity index (χ3n) is 1.89. The molecule has 18 heavy (non-hydrogen) atoms. The molecule has 0 bridgehead atoms. The summed E-state index contributed by atoms with van der Waals surface area (Å²) in [7, 11) is 0. The minimum Gasteiger partial charge on any atom is -0.487 e. The smallest absolute Gasteiger partial charge is 0.425 e. The van der Waals surface area contributed by atoms with Gasteiger partial charge in [-0.2, -0.15) is 22.0 Å².